The molecule has 0 saturated heterocycles. The van der Waals surface area contributed by atoms with Crippen LogP contribution in [0.2, 0.25) is 0 Å². The quantitative estimate of drug-likeness (QED) is 0.728. The molecule has 0 fully saturated rings. The second-order valence-corrected chi connectivity index (χ2v) is 6.86. The predicted molar refractivity (Wildman–Crippen MR) is 87.8 cm³/mol. The van der Waals surface area contributed by atoms with E-state index in [9.17, 15) is 0 Å². The van der Waals surface area contributed by atoms with Gasteiger partial charge in [-0.2, -0.15) is 0 Å². The summed E-state index contributed by atoms with van der Waals surface area (Å²) in [7, 11) is 0. The van der Waals surface area contributed by atoms with E-state index in [-0.39, 0.29) is 5.41 Å². The van der Waals surface area contributed by atoms with Gasteiger partial charge in [0, 0.05) is 17.9 Å². The van der Waals surface area contributed by atoms with Crippen molar-refractivity contribution in [3.8, 4) is 0 Å². The summed E-state index contributed by atoms with van der Waals surface area (Å²) in [4.78, 5) is 0. The van der Waals surface area contributed by atoms with Crippen LogP contribution >= 0.6 is 0 Å². The Morgan fingerprint density at radius 1 is 1.00 bits per heavy atom. The second kappa shape index (κ2) is 5.75. The molecule has 2 bridgehead atoms. The van der Waals surface area contributed by atoms with E-state index >= 15 is 0 Å². The predicted octanol–water partition coefficient (Wildman–Crippen LogP) is 5.19. The molecule has 1 heterocycles. The normalized spacial score (nSPS) is 24.6. The molecule has 1 atom stereocenters. The highest BCUT2D eigenvalue weighted by Gasteiger charge is 2.37. The van der Waals surface area contributed by atoms with Crippen molar-refractivity contribution in [1.82, 2.24) is 5.16 Å². The molecular formula is C20H23NO. The summed E-state index contributed by atoms with van der Waals surface area (Å²) >= 11 is 0. The van der Waals surface area contributed by atoms with E-state index < -0.39 is 0 Å². The summed E-state index contributed by atoms with van der Waals surface area (Å²) in [5.41, 5.74) is 4.12. The van der Waals surface area contributed by atoms with Crippen LogP contribution in [-0.2, 0) is 11.8 Å². The minimum Gasteiger partial charge on any atom is -0.360 e. The zero-order valence-electron chi connectivity index (χ0n) is 13.1. The first-order chi connectivity index (χ1) is 10.8. The molecule has 0 spiro atoms. The van der Waals surface area contributed by atoms with E-state index in [1.165, 1.54) is 50.5 Å². The highest BCUT2D eigenvalue weighted by Crippen LogP contribution is 2.45. The molecule has 0 aliphatic heterocycles. The van der Waals surface area contributed by atoms with Gasteiger partial charge in [-0.25, -0.2) is 0 Å². The summed E-state index contributed by atoms with van der Waals surface area (Å²) in [6, 6.07) is 12.7. The average Bonchev–Trinajstić information content (AvgIpc) is 2.96. The first-order valence-corrected chi connectivity index (χ1v) is 8.55. The van der Waals surface area contributed by atoms with Crippen LogP contribution in [0.15, 0.2) is 52.6 Å². The van der Waals surface area contributed by atoms with Crippen molar-refractivity contribution in [3.05, 3.63) is 65.1 Å². The van der Waals surface area contributed by atoms with Crippen LogP contribution < -0.4 is 0 Å². The monoisotopic (exact) mass is 293 g/mol. The lowest BCUT2D eigenvalue weighted by atomic mass is 9.73. The molecule has 2 aromatic rings. The van der Waals surface area contributed by atoms with E-state index in [1.807, 2.05) is 0 Å². The zero-order valence-corrected chi connectivity index (χ0v) is 13.1. The molecule has 4 rings (SSSR count). The van der Waals surface area contributed by atoms with Crippen LogP contribution in [-0.4, -0.2) is 5.16 Å². The highest BCUT2D eigenvalue weighted by atomic mass is 16.5. The van der Waals surface area contributed by atoms with Crippen LogP contribution in [0.1, 0.15) is 62.0 Å². The van der Waals surface area contributed by atoms with Crippen molar-refractivity contribution in [3.63, 3.8) is 0 Å². The van der Waals surface area contributed by atoms with Crippen LogP contribution in [0.25, 0.3) is 0 Å². The average molecular weight is 293 g/mol. The number of allylic oxidation sites excluding steroid dienone is 2. The number of rotatable bonds is 3. The largest absolute Gasteiger partial charge is 0.360 e. The van der Waals surface area contributed by atoms with Gasteiger partial charge in [0.1, 0.15) is 5.76 Å². The molecule has 114 valence electrons. The highest BCUT2D eigenvalue weighted by molar-refractivity contribution is 5.31. The van der Waals surface area contributed by atoms with Gasteiger partial charge in [0.2, 0.25) is 0 Å². The smallest absolute Gasteiger partial charge is 0.146 e. The third-order valence-electron chi connectivity index (χ3n) is 5.25. The van der Waals surface area contributed by atoms with Crippen LogP contribution in [0.4, 0.5) is 0 Å². The summed E-state index contributed by atoms with van der Waals surface area (Å²) in [6.45, 7) is 0. The van der Waals surface area contributed by atoms with Gasteiger partial charge in [0.15, 0.2) is 0 Å². The van der Waals surface area contributed by atoms with Crippen molar-refractivity contribution in [2.45, 2.75) is 56.8 Å². The van der Waals surface area contributed by atoms with Crippen LogP contribution in [0, 0.1) is 0 Å². The van der Waals surface area contributed by atoms with Gasteiger partial charge in [-0.1, -0.05) is 53.6 Å². The maximum atomic E-state index is 5.81. The molecule has 1 unspecified atom stereocenters. The first kappa shape index (κ1) is 13.8. The summed E-state index contributed by atoms with van der Waals surface area (Å²) < 4.78 is 5.81. The van der Waals surface area contributed by atoms with Crippen molar-refractivity contribution < 1.29 is 4.52 Å². The molecule has 0 N–H and O–H groups in total. The maximum Gasteiger partial charge on any atom is 0.146 e. The summed E-state index contributed by atoms with van der Waals surface area (Å²) in [6.07, 6.45) is 12.3. The SMILES string of the molecule is C1=C2CCCCC1(c1cc(Cc3ccccc3)no1)CCC2. The third-order valence-corrected chi connectivity index (χ3v) is 5.25. The standard InChI is InChI=1S/C20H23NO/c1-2-7-16(8-3-1)13-18-14-19(22-21-18)20-11-5-4-9-17(15-20)10-6-12-20/h1-3,7-8,14-15H,4-6,9-13H2. The topological polar surface area (TPSA) is 26.0 Å². The van der Waals surface area contributed by atoms with Gasteiger partial charge in [0.25, 0.3) is 0 Å². The molecule has 1 aromatic carbocycles. The lowest BCUT2D eigenvalue weighted by Crippen LogP contribution is -2.25. The van der Waals surface area contributed by atoms with Gasteiger partial charge in [0.05, 0.1) is 5.69 Å². The molecule has 2 heteroatoms. The van der Waals surface area contributed by atoms with Gasteiger partial charge >= 0.3 is 0 Å². The fourth-order valence-electron chi connectivity index (χ4n) is 4.11. The minimum absolute atomic E-state index is 0.131. The van der Waals surface area contributed by atoms with Crippen LogP contribution in [0.3, 0.4) is 0 Å². The van der Waals surface area contributed by atoms with E-state index in [0.29, 0.717) is 0 Å². The number of hydrogen-bond donors (Lipinski definition) is 0. The Morgan fingerprint density at radius 2 is 1.82 bits per heavy atom. The fraction of sp³-hybridized carbons (Fsp3) is 0.450. The Bertz CT molecular complexity index is 670. The number of fused-ring (bicyclic) bond motifs is 1. The van der Waals surface area contributed by atoms with E-state index in [1.54, 1.807) is 5.57 Å². The Hall–Kier alpha value is -1.83. The summed E-state index contributed by atoms with van der Waals surface area (Å²) in [5.74, 6) is 1.09. The fourth-order valence-corrected chi connectivity index (χ4v) is 4.11. The second-order valence-electron chi connectivity index (χ2n) is 6.86. The van der Waals surface area contributed by atoms with Gasteiger partial charge in [-0.05, 0) is 44.1 Å². The van der Waals surface area contributed by atoms with E-state index in [0.717, 1.165) is 17.9 Å². The summed E-state index contributed by atoms with van der Waals surface area (Å²) in [5, 5.41) is 4.36. The number of benzene rings is 1. The van der Waals surface area contributed by atoms with Crippen LogP contribution in [0.5, 0.6) is 0 Å². The maximum absolute atomic E-state index is 5.81. The lowest BCUT2D eigenvalue weighted by Gasteiger charge is -2.31. The van der Waals surface area contributed by atoms with Crippen molar-refractivity contribution >= 4 is 0 Å². The first-order valence-electron chi connectivity index (χ1n) is 8.55. The zero-order chi connectivity index (χ0) is 14.8. The molecule has 0 saturated carbocycles. The van der Waals surface area contributed by atoms with Gasteiger partial charge in [-0.3, -0.25) is 0 Å². The third kappa shape index (κ3) is 2.63. The molecular weight excluding hydrogens is 270 g/mol. The molecule has 1 aromatic heterocycles. The number of aromatic nitrogens is 1. The minimum atomic E-state index is 0.131. The molecule has 2 aliphatic carbocycles. The molecule has 0 amide bonds. The molecule has 22 heavy (non-hydrogen) atoms. The van der Waals surface area contributed by atoms with Crippen molar-refractivity contribution in [2.24, 2.45) is 0 Å². The van der Waals surface area contributed by atoms with Crippen molar-refractivity contribution in [2.75, 3.05) is 0 Å². The Balaban J connectivity index is 1.61. The molecule has 2 nitrogen and oxygen atoms in total. The number of hydrogen-bond acceptors (Lipinski definition) is 2. The van der Waals surface area contributed by atoms with Gasteiger partial charge < -0.3 is 4.52 Å². The molecule has 0 radical (unpaired) electrons. The Kier molecular flexibility index (Phi) is 3.61. The van der Waals surface area contributed by atoms with E-state index in [2.05, 4.69) is 47.6 Å². The lowest BCUT2D eigenvalue weighted by molar-refractivity contribution is 0.288. The van der Waals surface area contributed by atoms with E-state index in [4.69, 9.17) is 4.52 Å². The molecule has 2 aliphatic rings. The van der Waals surface area contributed by atoms with Crippen molar-refractivity contribution in [1.29, 1.82) is 0 Å². The number of nitrogens with zero attached hydrogens (tertiary/aromatic N) is 1. The Morgan fingerprint density at radius 3 is 2.73 bits per heavy atom. The van der Waals surface area contributed by atoms with Gasteiger partial charge in [-0.15, -0.1) is 0 Å². The Labute approximate surface area is 132 Å².